The second-order valence-corrected chi connectivity index (χ2v) is 6.18. The van der Waals surface area contributed by atoms with Gasteiger partial charge in [-0.3, -0.25) is 14.4 Å². The summed E-state index contributed by atoms with van der Waals surface area (Å²) in [7, 11) is 0. The maximum atomic E-state index is 13.0. The third-order valence-electron chi connectivity index (χ3n) is 4.14. The average Bonchev–Trinajstić information content (AvgIpc) is 2.59. The third kappa shape index (κ3) is 6.24. The first-order chi connectivity index (χ1) is 12.7. The molecule has 0 aliphatic carbocycles. The van der Waals surface area contributed by atoms with Crippen LogP contribution in [0.15, 0.2) is 24.3 Å². The molecule has 0 atom stereocenters. The maximum Gasteiger partial charge on any atom is 0.418 e. The van der Waals surface area contributed by atoms with Crippen LogP contribution in [0, 0.1) is 0 Å². The number of anilines is 1. The highest BCUT2D eigenvalue weighted by molar-refractivity contribution is 5.92. The summed E-state index contributed by atoms with van der Waals surface area (Å²) in [5.74, 6) is -1.38. The molecule has 10 heteroatoms. The number of para-hydroxylation sites is 1. The van der Waals surface area contributed by atoms with E-state index < -0.39 is 23.6 Å². The molecule has 2 amide bonds. The van der Waals surface area contributed by atoms with Crippen LogP contribution in [0.1, 0.15) is 12.5 Å². The molecular formula is C17H21F3N3O4+. The van der Waals surface area contributed by atoms with Gasteiger partial charge in [0.15, 0.2) is 13.2 Å². The Labute approximate surface area is 154 Å². The Balaban J connectivity index is 1.83. The molecular weight excluding hydrogens is 367 g/mol. The minimum atomic E-state index is -4.55. The molecule has 1 aromatic rings. The van der Waals surface area contributed by atoms with E-state index in [1.807, 2.05) is 0 Å². The number of hydrogen-bond acceptors (Lipinski definition) is 4. The second-order valence-electron chi connectivity index (χ2n) is 6.18. The molecule has 148 valence electrons. The van der Waals surface area contributed by atoms with Gasteiger partial charge in [0.25, 0.3) is 11.8 Å². The number of hydrogen-bond donors (Lipinski definition) is 2. The average molecular weight is 388 g/mol. The number of esters is 1. The fourth-order valence-electron chi connectivity index (χ4n) is 2.76. The summed E-state index contributed by atoms with van der Waals surface area (Å²) in [4.78, 5) is 37.1. The number of carbonyl (C=O) groups excluding carboxylic acids is 3. The van der Waals surface area contributed by atoms with Crippen molar-refractivity contribution < 1.29 is 37.2 Å². The van der Waals surface area contributed by atoms with Crippen molar-refractivity contribution in [2.24, 2.45) is 0 Å². The van der Waals surface area contributed by atoms with Crippen molar-refractivity contribution >= 4 is 23.5 Å². The van der Waals surface area contributed by atoms with E-state index in [1.165, 1.54) is 30.0 Å². The highest BCUT2D eigenvalue weighted by Crippen LogP contribution is 2.34. The number of nitrogens with one attached hydrogen (secondary N) is 2. The summed E-state index contributed by atoms with van der Waals surface area (Å²) in [6.07, 6.45) is -4.55. The molecule has 0 saturated carbocycles. The van der Waals surface area contributed by atoms with Crippen molar-refractivity contribution in [2.45, 2.75) is 13.1 Å². The van der Waals surface area contributed by atoms with E-state index in [0.29, 0.717) is 26.2 Å². The van der Waals surface area contributed by atoms with Gasteiger partial charge in [-0.15, -0.1) is 0 Å². The number of rotatable bonds is 5. The third-order valence-corrected chi connectivity index (χ3v) is 4.14. The predicted molar refractivity (Wildman–Crippen MR) is 88.9 cm³/mol. The molecule has 0 spiro atoms. The normalized spacial score (nSPS) is 15.3. The molecule has 1 heterocycles. The quantitative estimate of drug-likeness (QED) is 0.693. The lowest BCUT2D eigenvalue weighted by Gasteiger charge is -2.31. The molecule has 1 saturated heterocycles. The van der Waals surface area contributed by atoms with Crippen LogP contribution in [0.25, 0.3) is 0 Å². The first-order valence-corrected chi connectivity index (χ1v) is 8.37. The zero-order chi connectivity index (χ0) is 20.0. The second kappa shape index (κ2) is 8.85. The largest absolute Gasteiger partial charge is 0.456 e. The Bertz CT molecular complexity index is 701. The van der Waals surface area contributed by atoms with Gasteiger partial charge in [-0.1, -0.05) is 12.1 Å². The molecule has 7 nitrogen and oxygen atoms in total. The molecule has 2 N–H and O–H groups in total. The molecule has 27 heavy (non-hydrogen) atoms. The van der Waals surface area contributed by atoms with Gasteiger partial charge in [-0.25, -0.2) is 0 Å². The first-order valence-electron chi connectivity index (χ1n) is 8.37. The molecule has 1 fully saturated rings. The number of nitrogens with zero attached hydrogens (tertiary/aromatic N) is 1. The monoisotopic (exact) mass is 388 g/mol. The van der Waals surface area contributed by atoms with Gasteiger partial charge in [0.1, 0.15) is 0 Å². The summed E-state index contributed by atoms with van der Waals surface area (Å²) < 4.78 is 43.6. The van der Waals surface area contributed by atoms with Crippen LogP contribution in [-0.2, 0) is 25.3 Å². The van der Waals surface area contributed by atoms with Gasteiger partial charge in [0.05, 0.1) is 37.4 Å². The molecule has 0 unspecified atom stereocenters. The Kier molecular flexibility index (Phi) is 6.78. The standard InChI is InChI=1S/C17H20F3N3O4/c1-12(24)27-11-16(26)23-8-6-22(7-9-23)10-15(25)21-14-5-3-2-4-13(14)17(18,19)20/h2-5H,6-11H2,1H3,(H,21,25)/p+1. The SMILES string of the molecule is CC(=O)OCC(=O)N1CC[NH+](CC(=O)Nc2ccccc2C(F)(F)F)CC1. The number of piperazine rings is 1. The summed E-state index contributed by atoms with van der Waals surface area (Å²) in [6.45, 7) is 2.59. The van der Waals surface area contributed by atoms with Gasteiger partial charge in [-0.05, 0) is 12.1 Å². The lowest BCUT2D eigenvalue weighted by atomic mass is 10.1. The summed E-state index contributed by atoms with van der Waals surface area (Å²) in [5.41, 5.74) is -1.17. The maximum absolute atomic E-state index is 13.0. The van der Waals surface area contributed by atoms with Crippen LogP contribution in [0.3, 0.4) is 0 Å². The zero-order valence-electron chi connectivity index (χ0n) is 14.8. The Morgan fingerprint density at radius 3 is 2.41 bits per heavy atom. The predicted octanol–water partition coefficient (Wildman–Crippen LogP) is -0.0659. The highest BCUT2D eigenvalue weighted by Gasteiger charge is 2.34. The first kappa shape index (κ1) is 20.7. The molecule has 1 aliphatic heterocycles. The van der Waals surface area contributed by atoms with Crippen LogP contribution in [0.5, 0.6) is 0 Å². The van der Waals surface area contributed by atoms with Crippen LogP contribution >= 0.6 is 0 Å². The van der Waals surface area contributed by atoms with E-state index in [-0.39, 0.29) is 24.7 Å². The van der Waals surface area contributed by atoms with Crippen LogP contribution in [0.4, 0.5) is 18.9 Å². The molecule has 1 aromatic carbocycles. The van der Waals surface area contributed by atoms with Crippen molar-refractivity contribution in [1.29, 1.82) is 0 Å². The Morgan fingerprint density at radius 1 is 1.19 bits per heavy atom. The number of carbonyl (C=O) groups is 3. The van der Waals surface area contributed by atoms with Crippen molar-refractivity contribution in [2.75, 3.05) is 44.6 Å². The minimum absolute atomic E-state index is 0.00182. The van der Waals surface area contributed by atoms with E-state index in [4.69, 9.17) is 0 Å². The van der Waals surface area contributed by atoms with E-state index in [0.717, 1.165) is 11.0 Å². The van der Waals surface area contributed by atoms with Gasteiger partial charge in [0.2, 0.25) is 0 Å². The van der Waals surface area contributed by atoms with Crippen molar-refractivity contribution in [1.82, 2.24) is 4.90 Å². The van der Waals surface area contributed by atoms with Crippen molar-refractivity contribution in [3.63, 3.8) is 0 Å². The number of quaternary nitrogens is 1. The van der Waals surface area contributed by atoms with Gasteiger partial charge in [-0.2, -0.15) is 13.2 Å². The van der Waals surface area contributed by atoms with Crippen LogP contribution < -0.4 is 10.2 Å². The summed E-state index contributed by atoms with van der Waals surface area (Å²) >= 11 is 0. The van der Waals surface area contributed by atoms with E-state index in [9.17, 15) is 27.6 Å². The lowest BCUT2D eigenvalue weighted by molar-refractivity contribution is -0.895. The van der Waals surface area contributed by atoms with E-state index in [2.05, 4.69) is 10.1 Å². The molecule has 0 bridgehead atoms. The summed E-state index contributed by atoms with van der Waals surface area (Å²) in [5, 5.41) is 2.31. The van der Waals surface area contributed by atoms with Crippen LogP contribution in [0.2, 0.25) is 0 Å². The number of halogens is 3. The molecule has 2 rings (SSSR count). The van der Waals surface area contributed by atoms with Gasteiger partial charge >= 0.3 is 12.1 Å². The Morgan fingerprint density at radius 2 is 1.81 bits per heavy atom. The number of amides is 2. The number of ether oxygens (including phenoxy) is 1. The fraction of sp³-hybridized carbons (Fsp3) is 0.471. The topological polar surface area (TPSA) is 80.2 Å². The van der Waals surface area contributed by atoms with Gasteiger partial charge in [0, 0.05) is 6.92 Å². The highest BCUT2D eigenvalue weighted by atomic mass is 19.4. The van der Waals surface area contributed by atoms with Gasteiger partial charge < -0.3 is 19.9 Å². The van der Waals surface area contributed by atoms with E-state index in [1.54, 1.807) is 0 Å². The smallest absolute Gasteiger partial charge is 0.418 e. The molecule has 0 radical (unpaired) electrons. The van der Waals surface area contributed by atoms with E-state index >= 15 is 0 Å². The van der Waals surface area contributed by atoms with Crippen molar-refractivity contribution in [3.8, 4) is 0 Å². The number of benzene rings is 1. The van der Waals surface area contributed by atoms with Crippen molar-refractivity contribution in [3.05, 3.63) is 29.8 Å². The molecule has 1 aliphatic rings. The summed E-state index contributed by atoms with van der Waals surface area (Å²) in [6, 6.07) is 4.80. The number of alkyl halides is 3. The lowest BCUT2D eigenvalue weighted by Crippen LogP contribution is -3.15. The Hall–Kier alpha value is -2.62. The fourth-order valence-corrected chi connectivity index (χ4v) is 2.76. The molecule has 0 aromatic heterocycles. The zero-order valence-corrected chi connectivity index (χ0v) is 14.8. The minimum Gasteiger partial charge on any atom is -0.456 e. The van der Waals surface area contributed by atoms with Crippen LogP contribution in [-0.4, -0.2) is 62.0 Å².